The number of carbonyl (C=O) groups excluding carboxylic acids is 1. The highest BCUT2D eigenvalue weighted by Gasteiger charge is 2.32. The van der Waals surface area contributed by atoms with Crippen LogP contribution in [0.25, 0.3) is 0 Å². The maximum atomic E-state index is 12.1. The second-order valence-corrected chi connectivity index (χ2v) is 5.00. The lowest BCUT2D eigenvalue weighted by Gasteiger charge is -2.23. The van der Waals surface area contributed by atoms with E-state index in [4.69, 9.17) is 0 Å². The number of carbonyl (C=O) groups is 1. The van der Waals surface area contributed by atoms with Crippen molar-refractivity contribution in [3.8, 4) is 0 Å². The fourth-order valence-corrected chi connectivity index (χ4v) is 1.97. The number of amides is 1. The molecule has 18 heavy (non-hydrogen) atoms. The molecule has 0 radical (unpaired) electrons. The first-order valence-corrected chi connectivity index (χ1v) is 6.53. The zero-order valence-electron chi connectivity index (χ0n) is 10.7. The van der Waals surface area contributed by atoms with Gasteiger partial charge in [-0.3, -0.25) is 9.78 Å². The highest BCUT2D eigenvalue weighted by Crippen LogP contribution is 2.29. The number of aliphatic hydroxyl groups excluding tert-OH is 1. The summed E-state index contributed by atoms with van der Waals surface area (Å²) in [4.78, 5) is 18.1. The SMILES string of the molecule is CC(O)CCC(=O)N(Cc1ccncc1)C1CC1. The van der Waals surface area contributed by atoms with Gasteiger partial charge in [-0.05, 0) is 43.9 Å². The van der Waals surface area contributed by atoms with Gasteiger partial charge in [-0.15, -0.1) is 0 Å². The molecule has 0 aliphatic heterocycles. The van der Waals surface area contributed by atoms with Crippen molar-refractivity contribution in [2.24, 2.45) is 0 Å². The topological polar surface area (TPSA) is 53.4 Å². The van der Waals surface area contributed by atoms with Gasteiger partial charge < -0.3 is 10.0 Å². The zero-order chi connectivity index (χ0) is 13.0. The Bertz CT molecular complexity index is 388. The predicted molar refractivity (Wildman–Crippen MR) is 68.7 cm³/mol. The Labute approximate surface area is 108 Å². The molecular formula is C14H20N2O2. The Morgan fingerprint density at radius 3 is 2.72 bits per heavy atom. The van der Waals surface area contributed by atoms with Crippen LogP contribution in [0.15, 0.2) is 24.5 Å². The number of pyridine rings is 1. The smallest absolute Gasteiger partial charge is 0.223 e. The lowest BCUT2D eigenvalue weighted by molar-refractivity contribution is -0.133. The first kappa shape index (κ1) is 13.0. The quantitative estimate of drug-likeness (QED) is 0.834. The molecule has 2 rings (SSSR count). The third-order valence-corrected chi connectivity index (χ3v) is 3.19. The van der Waals surface area contributed by atoms with Crippen LogP contribution in [0, 0.1) is 0 Å². The molecule has 1 fully saturated rings. The van der Waals surface area contributed by atoms with Crippen LogP contribution in [-0.4, -0.2) is 33.0 Å². The van der Waals surface area contributed by atoms with Crippen molar-refractivity contribution in [3.05, 3.63) is 30.1 Å². The second kappa shape index (κ2) is 5.96. The van der Waals surface area contributed by atoms with Gasteiger partial charge in [0.15, 0.2) is 0 Å². The van der Waals surface area contributed by atoms with Crippen LogP contribution in [0.5, 0.6) is 0 Å². The predicted octanol–water partition coefficient (Wildman–Crippen LogP) is 1.73. The van der Waals surface area contributed by atoms with Crippen molar-refractivity contribution in [1.82, 2.24) is 9.88 Å². The summed E-state index contributed by atoms with van der Waals surface area (Å²) in [5, 5.41) is 9.25. The number of hydrogen-bond acceptors (Lipinski definition) is 3. The van der Waals surface area contributed by atoms with Crippen LogP contribution in [0.1, 0.15) is 38.2 Å². The second-order valence-electron chi connectivity index (χ2n) is 5.00. The third-order valence-electron chi connectivity index (χ3n) is 3.19. The van der Waals surface area contributed by atoms with Crippen LogP contribution in [-0.2, 0) is 11.3 Å². The summed E-state index contributed by atoms with van der Waals surface area (Å²) in [6.07, 6.45) is 6.27. The van der Waals surface area contributed by atoms with Gasteiger partial charge >= 0.3 is 0 Å². The molecule has 1 saturated carbocycles. The van der Waals surface area contributed by atoms with Gasteiger partial charge in [-0.25, -0.2) is 0 Å². The summed E-state index contributed by atoms with van der Waals surface area (Å²) in [6.45, 7) is 2.38. The summed E-state index contributed by atoms with van der Waals surface area (Å²) in [5.74, 6) is 0.148. The number of hydrogen-bond donors (Lipinski definition) is 1. The normalized spacial score (nSPS) is 16.3. The van der Waals surface area contributed by atoms with Gasteiger partial charge in [-0.1, -0.05) is 0 Å². The Morgan fingerprint density at radius 2 is 2.17 bits per heavy atom. The van der Waals surface area contributed by atoms with Gasteiger partial charge in [0.25, 0.3) is 0 Å². The number of rotatable bonds is 6. The Balaban J connectivity index is 1.94. The molecule has 1 aromatic heterocycles. The lowest BCUT2D eigenvalue weighted by Crippen LogP contribution is -2.32. The van der Waals surface area contributed by atoms with E-state index >= 15 is 0 Å². The molecule has 1 atom stereocenters. The number of nitrogens with zero attached hydrogens (tertiary/aromatic N) is 2. The van der Waals surface area contributed by atoms with Crippen molar-refractivity contribution in [1.29, 1.82) is 0 Å². The van der Waals surface area contributed by atoms with Crippen molar-refractivity contribution in [2.75, 3.05) is 0 Å². The summed E-state index contributed by atoms with van der Waals surface area (Å²) in [5.41, 5.74) is 1.11. The van der Waals surface area contributed by atoms with Gasteiger partial charge in [0, 0.05) is 31.4 Å². The molecule has 1 amide bonds. The van der Waals surface area contributed by atoms with E-state index < -0.39 is 6.10 Å². The van der Waals surface area contributed by atoms with Crippen LogP contribution < -0.4 is 0 Å². The molecule has 1 unspecified atom stereocenters. The molecule has 1 aromatic rings. The van der Waals surface area contributed by atoms with E-state index in [2.05, 4.69) is 4.98 Å². The molecule has 1 aliphatic carbocycles. The first-order chi connectivity index (χ1) is 8.66. The molecule has 4 nitrogen and oxygen atoms in total. The fourth-order valence-electron chi connectivity index (χ4n) is 1.97. The van der Waals surface area contributed by atoms with Gasteiger partial charge in [0.2, 0.25) is 5.91 Å². The minimum atomic E-state index is -0.407. The first-order valence-electron chi connectivity index (χ1n) is 6.53. The zero-order valence-corrected chi connectivity index (χ0v) is 10.7. The average molecular weight is 248 g/mol. The van der Waals surface area contributed by atoms with Gasteiger partial charge in [0.05, 0.1) is 6.10 Å². The Morgan fingerprint density at radius 1 is 1.50 bits per heavy atom. The molecule has 0 bridgehead atoms. The Kier molecular flexibility index (Phi) is 4.31. The highest BCUT2D eigenvalue weighted by molar-refractivity contribution is 5.76. The largest absolute Gasteiger partial charge is 0.393 e. The number of aliphatic hydroxyl groups is 1. The van der Waals surface area contributed by atoms with E-state index in [1.807, 2.05) is 17.0 Å². The van der Waals surface area contributed by atoms with E-state index in [0.29, 0.717) is 25.4 Å². The van der Waals surface area contributed by atoms with E-state index in [-0.39, 0.29) is 5.91 Å². The van der Waals surface area contributed by atoms with E-state index in [1.54, 1.807) is 19.3 Å². The fraction of sp³-hybridized carbons (Fsp3) is 0.571. The van der Waals surface area contributed by atoms with Crippen molar-refractivity contribution >= 4 is 5.91 Å². The minimum Gasteiger partial charge on any atom is -0.393 e. The Hall–Kier alpha value is -1.42. The summed E-state index contributed by atoms with van der Waals surface area (Å²) in [6, 6.07) is 4.29. The summed E-state index contributed by atoms with van der Waals surface area (Å²) < 4.78 is 0. The molecular weight excluding hydrogens is 228 g/mol. The molecule has 0 saturated heterocycles. The maximum Gasteiger partial charge on any atom is 0.223 e. The third kappa shape index (κ3) is 3.81. The lowest BCUT2D eigenvalue weighted by atomic mass is 10.2. The van der Waals surface area contributed by atoms with Crippen LogP contribution >= 0.6 is 0 Å². The molecule has 4 heteroatoms. The van der Waals surface area contributed by atoms with Crippen molar-refractivity contribution < 1.29 is 9.90 Å². The standard InChI is InChI=1S/C14H20N2O2/c1-11(17)2-5-14(18)16(13-3-4-13)10-12-6-8-15-9-7-12/h6-9,11,13,17H,2-5,10H2,1H3. The van der Waals surface area contributed by atoms with Crippen LogP contribution in [0.2, 0.25) is 0 Å². The van der Waals surface area contributed by atoms with Gasteiger partial charge in [0.1, 0.15) is 0 Å². The molecule has 0 aromatic carbocycles. The van der Waals surface area contributed by atoms with Crippen LogP contribution in [0.3, 0.4) is 0 Å². The molecule has 98 valence electrons. The average Bonchev–Trinajstić information content (AvgIpc) is 3.18. The molecule has 0 spiro atoms. The van der Waals surface area contributed by atoms with E-state index in [1.165, 1.54) is 0 Å². The summed E-state index contributed by atoms with van der Waals surface area (Å²) in [7, 11) is 0. The summed E-state index contributed by atoms with van der Waals surface area (Å²) >= 11 is 0. The van der Waals surface area contributed by atoms with Gasteiger partial charge in [-0.2, -0.15) is 0 Å². The van der Waals surface area contributed by atoms with E-state index in [9.17, 15) is 9.90 Å². The molecule has 1 aliphatic rings. The minimum absolute atomic E-state index is 0.148. The van der Waals surface area contributed by atoms with Crippen molar-refractivity contribution in [3.63, 3.8) is 0 Å². The molecule has 1 heterocycles. The monoisotopic (exact) mass is 248 g/mol. The van der Waals surface area contributed by atoms with Crippen molar-refractivity contribution in [2.45, 2.75) is 51.3 Å². The van der Waals surface area contributed by atoms with E-state index in [0.717, 1.165) is 18.4 Å². The maximum absolute atomic E-state index is 12.1. The van der Waals surface area contributed by atoms with Crippen LogP contribution in [0.4, 0.5) is 0 Å². The molecule has 1 N–H and O–H groups in total. The highest BCUT2D eigenvalue weighted by atomic mass is 16.3. The number of aromatic nitrogens is 1.